The van der Waals surface area contributed by atoms with Crippen LogP contribution >= 0.6 is 0 Å². The summed E-state index contributed by atoms with van der Waals surface area (Å²) >= 11 is 0. The van der Waals surface area contributed by atoms with Gasteiger partial charge in [-0.05, 0) is 56.6 Å². The molecule has 0 spiro atoms. The Kier molecular flexibility index (Phi) is 5.22. The molecule has 6 N–H and O–H groups in total. The molecule has 1 amide bonds. The second-order valence-corrected chi connectivity index (χ2v) is 10.4. The molecule has 6 rings (SSSR count). The Morgan fingerprint density at radius 1 is 1.21 bits per heavy atom. The summed E-state index contributed by atoms with van der Waals surface area (Å²) in [6.45, 7) is 0. The van der Waals surface area contributed by atoms with Crippen molar-refractivity contribution in [3.63, 3.8) is 0 Å². The summed E-state index contributed by atoms with van der Waals surface area (Å²) < 4.78 is 1.73. The number of benzene rings is 1. The number of nitrogens with zero attached hydrogens (tertiary/aromatic N) is 4. The number of imidazole rings is 1. The summed E-state index contributed by atoms with van der Waals surface area (Å²) in [6, 6.07) is 3.64. The predicted molar refractivity (Wildman–Crippen MR) is 136 cm³/mol. The first kappa shape index (κ1) is 24.8. The van der Waals surface area contributed by atoms with Crippen LogP contribution in [0.15, 0.2) is 53.7 Å². The van der Waals surface area contributed by atoms with E-state index in [1.54, 1.807) is 49.2 Å². The predicted octanol–water partition coefficient (Wildman–Crippen LogP) is 0.674. The largest absolute Gasteiger partial charge is 0.508 e. The molecule has 0 aliphatic heterocycles. The number of fused-ring (bicyclic) bond motifs is 4. The highest BCUT2D eigenvalue weighted by Gasteiger charge is 2.64. The lowest BCUT2D eigenvalue weighted by molar-refractivity contribution is -0.153. The van der Waals surface area contributed by atoms with Crippen LogP contribution in [0.25, 0.3) is 22.8 Å². The van der Waals surface area contributed by atoms with E-state index in [1.807, 2.05) is 0 Å². The van der Waals surface area contributed by atoms with E-state index < -0.39 is 58.0 Å². The van der Waals surface area contributed by atoms with Gasteiger partial charge in [0.1, 0.15) is 22.8 Å². The average Bonchev–Trinajstić information content (AvgIpc) is 3.30. The third-order valence-corrected chi connectivity index (χ3v) is 8.12. The number of phenols is 1. The van der Waals surface area contributed by atoms with E-state index in [0.717, 1.165) is 0 Å². The van der Waals surface area contributed by atoms with Gasteiger partial charge >= 0.3 is 0 Å². The smallest absolute Gasteiger partial charge is 0.255 e. The van der Waals surface area contributed by atoms with E-state index in [2.05, 4.69) is 9.97 Å². The van der Waals surface area contributed by atoms with Crippen molar-refractivity contribution in [1.29, 1.82) is 0 Å². The number of Topliss-reactive ketones (excluding diaryl/α,β-unsaturated/α-hetero) is 2. The fourth-order valence-electron chi connectivity index (χ4n) is 6.44. The van der Waals surface area contributed by atoms with E-state index in [4.69, 9.17) is 5.73 Å². The molecule has 3 aliphatic carbocycles. The Morgan fingerprint density at radius 3 is 2.62 bits per heavy atom. The van der Waals surface area contributed by atoms with Crippen LogP contribution in [0, 0.1) is 11.8 Å². The first-order chi connectivity index (χ1) is 18.5. The van der Waals surface area contributed by atoms with Crippen molar-refractivity contribution in [3.8, 4) is 17.0 Å². The number of hydrogen-bond acceptors (Lipinski definition) is 10. The van der Waals surface area contributed by atoms with E-state index in [1.165, 1.54) is 11.0 Å². The summed E-state index contributed by atoms with van der Waals surface area (Å²) in [5, 5.41) is 44.8. The minimum Gasteiger partial charge on any atom is -0.508 e. The number of primary amides is 1. The molecule has 1 fully saturated rings. The second-order valence-electron chi connectivity index (χ2n) is 10.4. The standard InChI is InChI=1S/C27H25N5O7/c1-31(2)20-14-9-11-8-13-12(15-10-32-7-3-6-29-26(32)30-15)4-5-16(33)18(13)21(34)17(11)23(36)27(14,39)24(37)19(22(20)35)25(28)38/h3-7,10-11,14,20,33-34,37,39H,8-9H2,1-2H3,(H2,28,38)/t11-,14-,20-,27-/m0/s1. The Morgan fingerprint density at radius 2 is 1.95 bits per heavy atom. The molecule has 1 aromatic carbocycles. The summed E-state index contributed by atoms with van der Waals surface area (Å²) in [5.74, 6) is -6.45. The molecule has 2 heterocycles. The van der Waals surface area contributed by atoms with E-state index in [0.29, 0.717) is 22.6 Å². The number of hydrogen-bond donors (Lipinski definition) is 5. The zero-order chi connectivity index (χ0) is 28.0. The molecule has 12 nitrogen and oxygen atoms in total. The van der Waals surface area contributed by atoms with Crippen molar-refractivity contribution in [1.82, 2.24) is 19.3 Å². The van der Waals surface area contributed by atoms with Crippen LogP contribution in [0.3, 0.4) is 0 Å². The van der Waals surface area contributed by atoms with E-state index >= 15 is 0 Å². The maximum absolute atomic E-state index is 13.9. The number of nitrogens with two attached hydrogens (primary N) is 1. The second kappa shape index (κ2) is 8.22. The lowest BCUT2D eigenvalue weighted by Gasteiger charge is -2.50. The van der Waals surface area contributed by atoms with Gasteiger partial charge in [0.25, 0.3) is 5.91 Å². The van der Waals surface area contributed by atoms with Crippen LogP contribution in [0.4, 0.5) is 0 Å². The molecule has 4 atom stereocenters. The molecule has 0 saturated heterocycles. The van der Waals surface area contributed by atoms with Gasteiger partial charge in [-0.15, -0.1) is 0 Å². The maximum Gasteiger partial charge on any atom is 0.255 e. The lowest BCUT2D eigenvalue weighted by atomic mass is 9.57. The third kappa shape index (κ3) is 3.21. The van der Waals surface area contributed by atoms with Crippen LogP contribution in [0.1, 0.15) is 17.5 Å². The fourth-order valence-corrected chi connectivity index (χ4v) is 6.44. The average molecular weight is 532 g/mol. The molecular formula is C27H25N5O7. The van der Waals surface area contributed by atoms with Gasteiger partial charge in [-0.25, -0.2) is 9.97 Å². The summed E-state index contributed by atoms with van der Waals surface area (Å²) in [4.78, 5) is 49.5. The number of ketones is 2. The molecule has 200 valence electrons. The number of likely N-dealkylation sites (N-methyl/N-ethyl adjacent to an activating group) is 1. The summed E-state index contributed by atoms with van der Waals surface area (Å²) in [5.41, 5.74) is 3.31. The van der Waals surface area contributed by atoms with Gasteiger partial charge in [-0.3, -0.25) is 23.7 Å². The number of rotatable bonds is 3. The zero-order valence-corrected chi connectivity index (χ0v) is 21.0. The molecule has 0 bridgehead atoms. The first-order valence-electron chi connectivity index (χ1n) is 12.3. The molecule has 2 aromatic heterocycles. The number of phenolic OH excluding ortho intramolecular Hbond substituents is 1. The number of amides is 1. The maximum atomic E-state index is 13.9. The van der Waals surface area contributed by atoms with Gasteiger partial charge in [-0.2, -0.15) is 0 Å². The Hall–Kier alpha value is -4.55. The van der Waals surface area contributed by atoms with Crippen molar-refractivity contribution >= 4 is 29.0 Å². The zero-order valence-electron chi connectivity index (χ0n) is 21.0. The molecule has 39 heavy (non-hydrogen) atoms. The highest BCUT2D eigenvalue weighted by molar-refractivity contribution is 6.24. The monoisotopic (exact) mass is 531 g/mol. The fraction of sp³-hybridized carbons (Fsp3) is 0.296. The van der Waals surface area contributed by atoms with Gasteiger partial charge in [-0.1, -0.05) is 0 Å². The molecule has 1 saturated carbocycles. The minimum atomic E-state index is -2.68. The van der Waals surface area contributed by atoms with Crippen LogP contribution in [-0.2, 0) is 20.8 Å². The molecule has 3 aromatic rings. The summed E-state index contributed by atoms with van der Waals surface area (Å²) in [7, 11) is 3.11. The first-order valence-corrected chi connectivity index (χ1v) is 12.3. The Balaban J connectivity index is 1.56. The normalized spacial score (nSPS) is 26.6. The minimum absolute atomic E-state index is 0.00752. The van der Waals surface area contributed by atoms with Crippen molar-refractivity contribution < 1.29 is 34.8 Å². The molecule has 0 unspecified atom stereocenters. The van der Waals surface area contributed by atoms with Crippen LogP contribution in [0.2, 0.25) is 0 Å². The highest BCUT2D eigenvalue weighted by Crippen LogP contribution is 2.53. The quantitative estimate of drug-likeness (QED) is 0.300. The van der Waals surface area contributed by atoms with Gasteiger partial charge in [0.05, 0.1) is 17.3 Å². The third-order valence-electron chi connectivity index (χ3n) is 8.12. The topological polar surface area (TPSA) is 192 Å². The van der Waals surface area contributed by atoms with Crippen molar-refractivity contribution in [2.75, 3.05) is 14.1 Å². The molecule has 3 aliphatic rings. The van der Waals surface area contributed by atoms with Gasteiger partial charge in [0.2, 0.25) is 11.6 Å². The number of aromatic hydroxyl groups is 1. The SMILES string of the molecule is CN(C)[C@@H]1C(=O)C(C(N)=O)=C(O)[C@@]2(O)C(=O)C3=C(O)c4c(O)ccc(-c5cn6cccnc6n5)c4C[C@H]3C[C@@H]12. The number of carbonyl (C=O) groups excluding carboxylic acids is 3. The van der Waals surface area contributed by atoms with Gasteiger partial charge in [0, 0.05) is 35.6 Å². The molecular weight excluding hydrogens is 506 g/mol. The lowest BCUT2D eigenvalue weighted by Crippen LogP contribution is -2.65. The van der Waals surface area contributed by atoms with Gasteiger partial charge < -0.3 is 26.2 Å². The van der Waals surface area contributed by atoms with Crippen LogP contribution in [-0.4, -0.2) is 82.9 Å². The summed E-state index contributed by atoms with van der Waals surface area (Å²) in [6.07, 6.45) is 5.32. The number of aromatic nitrogens is 3. The Bertz CT molecular complexity index is 1650. The van der Waals surface area contributed by atoms with Crippen LogP contribution in [0.5, 0.6) is 5.75 Å². The van der Waals surface area contributed by atoms with E-state index in [9.17, 15) is 34.8 Å². The molecule has 12 heteroatoms. The number of aliphatic hydroxyl groups is 3. The molecule has 0 radical (unpaired) electrons. The van der Waals surface area contributed by atoms with Gasteiger partial charge in [0.15, 0.2) is 11.4 Å². The van der Waals surface area contributed by atoms with E-state index in [-0.39, 0.29) is 29.7 Å². The van der Waals surface area contributed by atoms with Crippen LogP contribution < -0.4 is 5.73 Å². The van der Waals surface area contributed by atoms with Crippen molar-refractivity contribution in [2.45, 2.75) is 24.5 Å². The van der Waals surface area contributed by atoms with Crippen molar-refractivity contribution in [2.24, 2.45) is 17.6 Å². The number of aliphatic hydroxyl groups excluding tert-OH is 2. The highest BCUT2D eigenvalue weighted by atomic mass is 16.3. The Labute approximate surface area is 221 Å². The number of carbonyl (C=O) groups is 3. The van der Waals surface area contributed by atoms with Crippen molar-refractivity contribution in [3.05, 3.63) is 64.8 Å².